The number of ether oxygens (including phenoxy) is 1. The highest BCUT2D eigenvalue weighted by Crippen LogP contribution is 2.28. The lowest BCUT2D eigenvalue weighted by Gasteiger charge is -2.36. The van der Waals surface area contributed by atoms with Crippen molar-refractivity contribution in [3.8, 4) is 11.1 Å². The third-order valence-electron chi connectivity index (χ3n) is 6.59. The Morgan fingerprint density at radius 2 is 1.77 bits per heavy atom. The molecule has 2 aromatic rings. The molecule has 0 bridgehead atoms. The van der Waals surface area contributed by atoms with Crippen LogP contribution < -0.4 is 16.4 Å². The van der Waals surface area contributed by atoms with Crippen molar-refractivity contribution in [1.82, 2.24) is 15.5 Å². The summed E-state index contributed by atoms with van der Waals surface area (Å²) in [6.45, 7) is 1.03. The molecule has 0 aliphatic carbocycles. The molecule has 184 valence electrons. The van der Waals surface area contributed by atoms with Crippen molar-refractivity contribution < 1.29 is 29.0 Å². The summed E-state index contributed by atoms with van der Waals surface area (Å²) in [6.07, 6.45) is -0.846. The number of primary amides is 1. The zero-order valence-corrected chi connectivity index (χ0v) is 19.4. The highest BCUT2D eigenvalue weighted by molar-refractivity contribution is 5.98. The van der Waals surface area contributed by atoms with Crippen molar-refractivity contribution in [3.05, 3.63) is 59.2 Å². The Morgan fingerprint density at radius 1 is 1.11 bits per heavy atom. The first-order valence-electron chi connectivity index (χ1n) is 11.4. The van der Waals surface area contributed by atoms with Gasteiger partial charge in [-0.05, 0) is 34.4 Å². The molecule has 2 heterocycles. The molecule has 0 aromatic heterocycles. The van der Waals surface area contributed by atoms with Crippen LogP contribution >= 0.6 is 0 Å². The molecule has 0 spiro atoms. The van der Waals surface area contributed by atoms with Gasteiger partial charge in [0, 0.05) is 51.6 Å². The number of nitrogens with zero attached hydrogens (tertiary/aromatic N) is 1. The summed E-state index contributed by atoms with van der Waals surface area (Å²) < 4.78 is 5.26. The Hall–Kier alpha value is -3.92. The first-order valence-corrected chi connectivity index (χ1v) is 11.4. The maximum absolute atomic E-state index is 13.0. The van der Waals surface area contributed by atoms with Gasteiger partial charge in [0.2, 0.25) is 11.8 Å². The van der Waals surface area contributed by atoms with Gasteiger partial charge < -0.3 is 31.1 Å². The quantitative estimate of drug-likeness (QED) is 0.469. The third kappa shape index (κ3) is 5.12. The molecule has 1 fully saturated rings. The number of fused-ring (bicyclic) bond motifs is 1. The first kappa shape index (κ1) is 24.2. The van der Waals surface area contributed by atoms with E-state index >= 15 is 0 Å². The van der Waals surface area contributed by atoms with Crippen LogP contribution in [0.15, 0.2) is 42.5 Å². The van der Waals surface area contributed by atoms with Crippen molar-refractivity contribution in [3.63, 3.8) is 0 Å². The Bertz CT molecular complexity index is 1160. The number of amides is 4. The standard InChI is InChI=1S/C25H28N4O6/c1-29-14-18-13-17(6-7-19(18)22(29)31)16-4-2-15(3-5-16)12-20(21(26)30)27-23(32)25(28-24(33)34)8-10-35-11-9-25/h2-7,13,20,28H,8-12,14H2,1H3,(H2,26,30)(H,27,32)(H,33,34). The fourth-order valence-electron chi connectivity index (χ4n) is 4.57. The second kappa shape index (κ2) is 9.75. The number of carboxylic acid groups (broad SMARTS) is 1. The summed E-state index contributed by atoms with van der Waals surface area (Å²) in [6, 6.07) is 12.2. The van der Waals surface area contributed by atoms with E-state index in [2.05, 4.69) is 10.6 Å². The lowest BCUT2D eigenvalue weighted by Crippen LogP contribution is -2.63. The van der Waals surface area contributed by atoms with Crippen molar-refractivity contribution >= 4 is 23.8 Å². The number of carbonyl (C=O) groups is 4. The Balaban J connectivity index is 1.47. The zero-order valence-electron chi connectivity index (χ0n) is 19.4. The average molecular weight is 481 g/mol. The number of carbonyl (C=O) groups excluding carboxylic acids is 3. The summed E-state index contributed by atoms with van der Waals surface area (Å²) in [5.41, 5.74) is 8.58. The van der Waals surface area contributed by atoms with E-state index < -0.39 is 29.5 Å². The van der Waals surface area contributed by atoms with Gasteiger partial charge in [0.1, 0.15) is 11.6 Å². The molecule has 0 radical (unpaired) electrons. The topological polar surface area (TPSA) is 151 Å². The Morgan fingerprint density at radius 3 is 2.40 bits per heavy atom. The molecule has 35 heavy (non-hydrogen) atoms. The van der Waals surface area contributed by atoms with Crippen LogP contribution in [-0.2, 0) is 27.3 Å². The lowest BCUT2D eigenvalue weighted by molar-refractivity contribution is -0.134. The number of nitrogens with two attached hydrogens (primary N) is 1. The summed E-state index contributed by atoms with van der Waals surface area (Å²) in [5, 5.41) is 14.1. The van der Waals surface area contributed by atoms with Crippen LogP contribution in [-0.4, -0.2) is 65.7 Å². The monoisotopic (exact) mass is 480 g/mol. The molecule has 4 amide bonds. The number of rotatable bonds is 7. The molecule has 2 aliphatic heterocycles. The normalized spacial score (nSPS) is 17.4. The predicted molar refractivity (Wildman–Crippen MR) is 126 cm³/mol. The van der Waals surface area contributed by atoms with E-state index in [0.717, 1.165) is 22.3 Å². The van der Waals surface area contributed by atoms with Gasteiger partial charge >= 0.3 is 6.09 Å². The van der Waals surface area contributed by atoms with Crippen molar-refractivity contribution in [2.24, 2.45) is 5.73 Å². The van der Waals surface area contributed by atoms with E-state index in [-0.39, 0.29) is 38.4 Å². The van der Waals surface area contributed by atoms with Crippen LogP contribution in [0.25, 0.3) is 11.1 Å². The Labute approximate surface area is 202 Å². The highest BCUT2D eigenvalue weighted by atomic mass is 16.5. The minimum Gasteiger partial charge on any atom is -0.465 e. The van der Waals surface area contributed by atoms with Crippen LogP contribution in [0, 0.1) is 0 Å². The van der Waals surface area contributed by atoms with E-state index in [1.54, 1.807) is 11.9 Å². The summed E-state index contributed by atoms with van der Waals surface area (Å²) in [4.78, 5) is 50.2. The largest absolute Gasteiger partial charge is 0.465 e. The number of hydrogen-bond acceptors (Lipinski definition) is 5. The van der Waals surface area contributed by atoms with E-state index in [0.29, 0.717) is 12.1 Å². The third-order valence-corrected chi connectivity index (χ3v) is 6.59. The van der Waals surface area contributed by atoms with E-state index in [1.807, 2.05) is 42.5 Å². The minimum atomic E-state index is -1.37. The Kier molecular flexibility index (Phi) is 6.74. The van der Waals surface area contributed by atoms with Crippen molar-refractivity contribution in [1.29, 1.82) is 0 Å². The van der Waals surface area contributed by atoms with Gasteiger partial charge in [0.25, 0.3) is 5.91 Å². The molecule has 1 unspecified atom stereocenters. The fourth-order valence-corrected chi connectivity index (χ4v) is 4.57. The van der Waals surface area contributed by atoms with Gasteiger partial charge in [-0.25, -0.2) is 4.79 Å². The summed E-state index contributed by atoms with van der Waals surface area (Å²) in [7, 11) is 1.77. The zero-order chi connectivity index (χ0) is 25.2. The fraction of sp³-hybridized carbons (Fsp3) is 0.360. The molecule has 2 aliphatic rings. The molecule has 1 atom stereocenters. The van der Waals surface area contributed by atoms with Crippen LogP contribution in [0.5, 0.6) is 0 Å². The maximum atomic E-state index is 13.0. The molecule has 4 rings (SSSR count). The molecular formula is C25H28N4O6. The molecular weight excluding hydrogens is 452 g/mol. The van der Waals surface area contributed by atoms with Gasteiger partial charge in [0.15, 0.2) is 0 Å². The maximum Gasteiger partial charge on any atom is 0.405 e. The van der Waals surface area contributed by atoms with E-state index in [4.69, 9.17) is 10.5 Å². The van der Waals surface area contributed by atoms with Gasteiger partial charge in [-0.2, -0.15) is 0 Å². The van der Waals surface area contributed by atoms with Gasteiger partial charge in [0.05, 0.1) is 0 Å². The van der Waals surface area contributed by atoms with Crippen molar-refractivity contribution in [2.45, 2.75) is 37.4 Å². The van der Waals surface area contributed by atoms with E-state index in [1.165, 1.54) is 0 Å². The summed E-state index contributed by atoms with van der Waals surface area (Å²) >= 11 is 0. The molecule has 0 saturated carbocycles. The van der Waals surface area contributed by atoms with Crippen LogP contribution in [0.2, 0.25) is 0 Å². The second-order valence-electron chi connectivity index (χ2n) is 8.99. The molecule has 5 N–H and O–H groups in total. The smallest absolute Gasteiger partial charge is 0.405 e. The lowest BCUT2D eigenvalue weighted by atomic mass is 9.88. The number of hydrogen-bond donors (Lipinski definition) is 4. The average Bonchev–Trinajstić information content (AvgIpc) is 3.11. The van der Waals surface area contributed by atoms with Crippen LogP contribution in [0.1, 0.15) is 34.3 Å². The second-order valence-corrected chi connectivity index (χ2v) is 8.99. The molecule has 1 saturated heterocycles. The van der Waals surface area contributed by atoms with Gasteiger partial charge in [-0.15, -0.1) is 0 Å². The minimum absolute atomic E-state index is 0.0162. The number of nitrogens with one attached hydrogen (secondary N) is 2. The predicted octanol–water partition coefficient (Wildman–Crippen LogP) is 1.27. The molecule has 10 nitrogen and oxygen atoms in total. The van der Waals surface area contributed by atoms with Gasteiger partial charge in [-0.1, -0.05) is 30.3 Å². The molecule has 2 aromatic carbocycles. The van der Waals surface area contributed by atoms with Crippen LogP contribution in [0.3, 0.4) is 0 Å². The highest BCUT2D eigenvalue weighted by Gasteiger charge is 2.42. The van der Waals surface area contributed by atoms with Gasteiger partial charge in [-0.3, -0.25) is 14.4 Å². The number of benzene rings is 2. The molecule has 10 heteroatoms. The first-order chi connectivity index (χ1) is 16.7. The van der Waals surface area contributed by atoms with E-state index in [9.17, 15) is 24.3 Å². The SMILES string of the molecule is CN1Cc2cc(-c3ccc(CC(NC(=O)C4(NC(=O)O)CCOCC4)C(N)=O)cc3)ccc2C1=O. The summed E-state index contributed by atoms with van der Waals surface area (Å²) in [5.74, 6) is -1.30. The van der Waals surface area contributed by atoms with Crippen molar-refractivity contribution in [2.75, 3.05) is 20.3 Å². The van der Waals surface area contributed by atoms with Crippen LogP contribution in [0.4, 0.5) is 4.79 Å².